The number of likely N-dealkylation sites (N-methyl/N-ethyl adjacent to an activating group) is 1. The Morgan fingerprint density at radius 1 is 1.18 bits per heavy atom. The topological polar surface area (TPSA) is 112 Å². The number of H-pyrrole nitrogens is 1. The fraction of sp³-hybridized carbons (Fsp3) is 0.333. The van der Waals surface area contributed by atoms with Gasteiger partial charge in [-0.25, -0.2) is 4.39 Å². The number of aryl methyl sites for hydroxylation is 1. The molecule has 0 radical (unpaired) electrons. The number of nitrogens with zero attached hydrogens (tertiary/aromatic N) is 3. The van der Waals surface area contributed by atoms with Crippen molar-refractivity contribution in [2.75, 3.05) is 20.2 Å². The van der Waals surface area contributed by atoms with Crippen molar-refractivity contribution in [1.82, 2.24) is 30.7 Å². The Labute approximate surface area is 232 Å². The van der Waals surface area contributed by atoms with Crippen molar-refractivity contribution in [1.29, 1.82) is 0 Å². The second-order valence-corrected chi connectivity index (χ2v) is 10.0. The van der Waals surface area contributed by atoms with Crippen molar-refractivity contribution >= 4 is 22.7 Å². The predicted molar refractivity (Wildman–Crippen MR) is 150 cm³/mol. The number of hydrogen-bond donors (Lipinski definition) is 3. The lowest BCUT2D eigenvalue weighted by atomic mass is 9.96. The second kappa shape index (κ2) is 11.8. The number of rotatable bonds is 8. The number of ether oxygens (including phenoxy) is 1. The Bertz CT molecular complexity index is 1540. The van der Waals surface area contributed by atoms with Gasteiger partial charge in [-0.15, -0.1) is 0 Å². The minimum atomic E-state index is -0.439. The maximum atomic E-state index is 14.8. The number of hydrogen-bond acceptors (Lipinski definition) is 6. The average molecular weight is 545 g/mol. The lowest BCUT2D eigenvalue weighted by Crippen LogP contribution is -2.56. The number of fused-ring (bicyclic) bond motifs is 1. The maximum Gasteiger partial charge on any atom is 0.251 e. The van der Waals surface area contributed by atoms with Crippen LogP contribution >= 0.6 is 0 Å². The maximum absolute atomic E-state index is 14.8. The molecule has 0 aliphatic carbocycles. The normalized spacial score (nSPS) is 17.5. The van der Waals surface area contributed by atoms with E-state index < -0.39 is 11.9 Å². The third kappa shape index (κ3) is 5.67. The van der Waals surface area contributed by atoms with E-state index in [1.807, 2.05) is 43.0 Å². The van der Waals surface area contributed by atoms with Crippen LogP contribution in [0.5, 0.6) is 5.75 Å². The fourth-order valence-corrected chi connectivity index (χ4v) is 5.35. The van der Waals surface area contributed by atoms with Crippen LogP contribution in [0.4, 0.5) is 4.39 Å². The lowest BCUT2D eigenvalue weighted by molar-refractivity contribution is -0.128. The number of methoxy groups -OCH3 is 1. The number of halogens is 1. The lowest BCUT2D eigenvalue weighted by Gasteiger charge is -2.39. The van der Waals surface area contributed by atoms with Gasteiger partial charge < -0.3 is 15.4 Å². The molecule has 9 nitrogen and oxygen atoms in total. The van der Waals surface area contributed by atoms with E-state index in [0.717, 1.165) is 27.9 Å². The number of amides is 2. The Hall–Kier alpha value is -4.31. The van der Waals surface area contributed by atoms with E-state index in [9.17, 15) is 14.0 Å². The first kappa shape index (κ1) is 27.3. The van der Waals surface area contributed by atoms with Gasteiger partial charge in [0, 0.05) is 59.6 Å². The summed E-state index contributed by atoms with van der Waals surface area (Å²) in [6.07, 6.45) is 2.88. The molecule has 1 aliphatic heterocycles. The van der Waals surface area contributed by atoms with Crippen LogP contribution in [-0.2, 0) is 11.3 Å². The molecule has 0 spiro atoms. The van der Waals surface area contributed by atoms with Crippen molar-refractivity contribution in [3.05, 3.63) is 77.4 Å². The van der Waals surface area contributed by atoms with Crippen molar-refractivity contribution in [3.63, 3.8) is 0 Å². The van der Waals surface area contributed by atoms with Gasteiger partial charge in [0.2, 0.25) is 5.91 Å². The van der Waals surface area contributed by atoms with Gasteiger partial charge in [-0.05, 0) is 69.2 Å². The number of likely N-dealkylation sites (tertiary alicyclic amines) is 1. The summed E-state index contributed by atoms with van der Waals surface area (Å²) in [6.45, 7) is 4.86. The number of nitrogens with one attached hydrogen (secondary N) is 3. The minimum Gasteiger partial charge on any atom is -0.496 e. The van der Waals surface area contributed by atoms with Gasteiger partial charge >= 0.3 is 0 Å². The summed E-state index contributed by atoms with van der Waals surface area (Å²) in [7, 11) is 1.50. The minimum absolute atomic E-state index is 0.105. The largest absolute Gasteiger partial charge is 0.496 e. The van der Waals surface area contributed by atoms with Crippen LogP contribution in [0.25, 0.3) is 22.2 Å². The smallest absolute Gasteiger partial charge is 0.251 e. The molecule has 1 saturated heterocycles. The molecule has 2 aromatic heterocycles. The zero-order valence-corrected chi connectivity index (χ0v) is 22.8. The van der Waals surface area contributed by atoms with Crippen molar-refractivity contribution < 1.29 is 18.7 Å². The molecule has 2 amide bonds. The monoisotopic (exact) mass is 544 g/mol. The van der Waals surface area contributed by atoms with Crippen molar-refractivity contribution in [2.24, 2.45) is 0 Å². The van der Waals surface area contributed by atoms with Gasteiger partial charge in [-0.1, -0.05) is 6.07 Å². The Morgan fingerprint density at radius 2 is 2.02 bits per heavy atom. The zero-order valence-electron chi connectivity index (χ0n) is 22.8. The third-order valence-electron chi connectivity index (χ3n) is 7.33. The highest BCUT2D eigenvalue weighted by Gasteiger charge is 2.34. The van der Waals surface area contributed by atoms with Crippen molar-refractivity contribution in [3.8, 4) is 17.0 Å². The number of benzene rings is 2. The fourth-order valence-electron chi connectivity index (χ4n) is 5.35. The summed E-state index contributed by atoms with van der Waals surface area (Å²) in [5.41, 5.74) is 4.27. The number of aromatic nitrogens is 3. The summed E-state index contributed by atoms with van der Waals surface area (Å²) < 4.78 is 20.2. The molecule has 1 fully saturated rings. The van der Waals surface area contributed by atoms with Crippen molar-refractivity contribution in [2.45, 2.75) is 45.3 Å². The molecule has 3 heterocycles. The first-order chi connectivity index (χ1) is 19.4. The van der Waals surface area contributed by atoms with Gasteiger partial charge in [0.25, 0.3) is 5.91 Å². The number of pyridine rings is 1. The number of carbonyl (C=O) groups is 2. The number of carbonyl (C=O) groups excluding carboxylic acids is 2. The van der Waals surface area contributed by atoms with Crippen LogP contribution in [0.2, 0.25) is 0 Å². The first-order valence-electron chi connectivity index (χ1n) is 13.4. The molecule has 5 rings (SSSR count). The number of aromatic amines is 1. The third-order valence-corrected chi connectivity index (χ3v) is 7.33. The standard InChI is InChI=1S/C30H33FN6O3/c1-4-32-30(39)26-11-9-21(16-37(26)17-23-24(31)6-5-7-27(23)40-3)34-29(38)20-8-10-25-22(15-20)28(36-35-25)19-12-13-33-18(2)14-19/h5-8,10,12-15,21,26H,4,9,11,16-17H2,1-3H3,(H,32,39)(H,34,38)(H,35,36)/t21-,26+/m1/s1. The Morgan fingerprint density at radius 3 is 2.80 bits per heavy atom. The van der Waals surface area contributed by atoms with Gasteiger partial charge in [0.05, 0.1) is 18.7 Å². The Kier molecular flexibility index (Phi) is 8.06. The zero-order chi connectivity index (χ0) is 28.2. The van der Waals surface area contributed by atoms with Crippen LogP contribution in [-0.4, -0.2) is 64.2 Å². The molecule has 1 aliphatic rings. The van der Waals surface area contributed by atoms with Crippen LogP contribution in [0.3, 0.4) is 0 Å². The van der Waals surface area contributed by atoms with E-state index in [1.54, 1.807) is 24.4 Å². The van der Waals surface area contributed by atoms with E-state index >= 15 is 0 Å². The molecule has 40 heavy (non-hydrogen) atoms. The Balaban J connectivity index is 1.36. The van der Waals surface area contributed by atoms with E-state index in [1.165, 1.54) is 13.2 Å². The first-order valence-corrected chi connectivity index (χ1v) is 13.4. The molecule has 3 N–H and O–H groups in total. The van der Waals surface area contributed by atoms with E-state index in [4.69, 9.17) is 4.74 Å². The summed E-state index contributed by atoms with van der Waals surface area (Å²) in [5.74, 6) is -0.292. The molecule has 10 heteroatoms. The van der Waals surface area contributed by atoms with Gasteiger partial charge in [-0.3, -0.25) is 24.6 Å². The second-order valence-electron chi connectivity index (χ2n) is 10.0. The molecular formula is C30H33FN6O3. The quantitative estimate of drug-likeness (QED) is 0.309. The SMILES string of the molecule is CCNC(=O)[C@@H]1CC[C@@H](NC(=O)c2ccc3[nH]nc(-c4ccnc(C)c4)c3c2)CN1Cc1c(F)cccc1OC. The molecule has 2 aromatic carbocycles. The number of piperidine rings is 1. The van der Waals surface area contributed by atoms with E-state index in [0.29, 0.717) is 42.8 Å². The molecule has 0 unspecified atom stereocenters. The van der Waals surface area contributed by atoms with E-state index in [2.05, 4.69) is 25.8 Å². The molecule has 0 saturated carbocycles. The molecule has 208 valence electrons. The van der Waals surface area contributed by atoms with Crippen LogP contribution < -0.4 is 15.4 Å². The van der Waals surface area contributed by atoms with Crippen LogP contribution in [0, 0.1) is 12.7 Å². The highest BCUT2D eigenvalue weighted by molar-refractivity contribution is 6.01. The summed E-state index contributed by atoms with van der Waals surface area (Å²) in [4.78, 5) is 32.4. The summed E-state index contributed by atoms with van der Waals surface area (Å²) in [6, 6.07) is 13.3. The molecular weight excluding hydrogens is 511 g/mol. The highest BCUT2D eigenvalue weighted by atomic mass is 19.1. The summed E-state index contributed by atoms with van der Waals surface area (Å²) in [5, 5.41) is 14.4. The van der Waals surface area contributed by atoms with Gasteiger partial charge in [-0.2, -0.15) is 5.10 Å². The molecule has 0 bridgehead atoms. The highest BCUT2D eigenvalue weighted by Crippen LogP contribution is 2.29. The summed E-state index contributed by atoms with van der Waals surface area (Å²) >= 11 is 0. The van der Waals surface area contributed by atoms with Gasteiger partial charge in [0.15, 0.2) is 0 Å². The van der Waals surface area contributed by atoms with Gasteiger partial charge in [0.1, 0.15) is 17.3 Å². The predicted octanol–water partition coefficient (Wildman–Crippen LogP) is 3.98. The van der Waals surface area contributed by atoms with Crippen LogP contribution in [0.15, 0.2) is 54.7 Å². The average Bonchev–Trinajstić information content (AvgIpc) is 3.38. The molecule has 2 atom stereocenters. The molecule has 4 aromatic rings. The van der Waals surface area contributed by atoms with Crippen LogP contribution in [0.1, 0.15) is 41.4 Å². The van der Waals surface area contributed by atoms with E-state index in [-0.39, 0.29) is 24.4 Å².